The fourth-order valence-electron chi connectivity index (χ4n) is 1.22. The minimum absolute atomic E-state index is 0. The van der Waals surface area contributed by atoms with Gasteiger partial charge in [-0.1, -0.05) is 0 Å². The second-order valence-electron chi connectivity index (χ2n) is 2.86. The van der Waals surface area contributed by atoms with Crippen LogP contribution in [-0.4, -0.2) is 11.8 Å². The van der Waals surface area contributed by atoms with E-state index < -0.39 is 5.63 Å². The van der Waals surface area contributed by atoms with Crippen molar-refractivity contribution in [1.29, 1.82) is 0 Å². The van der Waals surface area contributed by atoms with E-state index in [2.05, 4.69) is 5.48 Å². The molecule has 0 aliphatic carbocycles. The third-order valence-electron chi connectivity index (χ3n) is 1.85. The molecular weight excluding hydrogens is 299 g/mol. The van der Waals surface area contributed by atoms with Crippen molar-refractivity contribution in [2.75, 3.05) is 6.73 Å². The number of aliphatic hydroxyl groups is 1. The van der Waals surface area contributed by atoms with Crippen LogP contribution >= 0.6 is 0 Å². The van der Waals surface area contributed by atoms with E-state index in [4.69, 9.17) is 14.4 Å². The molecule has 17 heavy (non-hydrogen) atoms. The molecule has 1 aromatic carbocycles. The zero-order valence-corrected chi connectivity index (χ0v) is 12.2. The van der Waals surface area contributed by atoms with Gasteiger partial charge in [-0.25, -0.2) is 4.79 Å². The van der Waals surface area contributed by atoms with Crippen LogP contribution in [0.2, 0.25) is 0 Å². The Labute approximate surface area is 124 Å². The fourth-order valence-corrected chi connectivity index (χ4v) is 1.22. The molecule has 0 saturated heterocycles. The van der Waals surface area contributed by atoms with Gasteiger partial charge in [0.25, 0.3) is 0 Å². The molecule has 0 bridgehead atoms. The van der Waals surface area contributed by atoms with Gasteiger partial charge >= 0.3 is 5.63 Å². The first-order chi connectivity index (χ1) is 7.29. The molecule has 0 aliphatic heterocycles. The summed E-state index contributed by atoms with van der Waals surface area (Å²) in [4.78, 5) is 15.9. The molecule has 1 aromatic heterocycles. The Balaban J connectivity index is 0.00000128. The number of fused-ring (bicyclic) bond motifs is 1. The van der Waals surface area contributed by atoms with Crippen LogP contribution in [0.15, 0.2) is 39.5 Å². The van der Waals surface area contributed by atoms with E-state index in [1.54, 1.807) is 24.3 Å². The summed E-state index contributed by atoms with van der Waals surface area (Å²) in [6.07, 6.45) is 0. The summed E-state index contributed by atoms with van der Waals surface area (Å²) in [6.45, 7) is -0.295. The first-order valence-corrected chi connectivity index (χ1v) is 4.34. The van der Waals surface area contributed by atoms with E-state index >= 15 is 0 Å². The Morgan fingerprint density at radius 3 is 2.71 bits per heavy atom. The van der Waals surface area contributed by atoms with Crippen LogP contribution in [-0.2, 0) is 32.7 Å². The number of rotatable bonds is 3. The van der Waals surface area contributed by atoms with Gasteiger partial charge in [0, 0.05) is 50.2 Å². The standard InChI is InChI=1S/C10H9NO4.CH3.Y/c12-6-11-15-8-3-1-7-2-4-10(13)14-9(7)5-8;;/h1-5,11-12H,6H2;1H3;/q;-1;. The number of aliphatic hydroxyl groups excluding tert-OH is 1. The van der Waals surface area contributed by atoms with Crippen LogP contribution in [0.3, 0.4) is 0 Å². The maximum atomic E-state index is 10.9. The average molecular weight is 311 g/mol. The molecule has 1 heterocycles. The molecule has 0 amide bonds. The van der Waals surface area contributed by atoms with Gasteiger partial charge in [0.1, 0.15) is 12.3 Å². The maximum absolute atomic E-state index is 10.9. The summed E-state index contributed by atoms with van der Waals surface area (Å²) in [5.74, 6) is 0.464. The topological polar surface area (TPSA) is 71.7 Å². The number of hydrogen-bond donors (Lipinski definition) is 2. The average Bonchev–Trinajstić information content (AvgIpc) is 2.25. The second-order valence-corrected chi connectivity index (χ2v) is 2.86. The van der Waals surface area contributed by atoms with Gasteiger partial charge in [-0.05, 0) is 18.2 Å². The Kier molecular flexibility index (Phi) is 7.22. The van der Waals surface area contributed by atoms with Gasteiger partial charge in [-0.3, -0.25) is 0 Å². The molecule has 2 rings (SSSR count). The van der Waals surface area contributed by atoms with Crippen molar-refractivity contribution in [2.24, 2.45) is 0 Å². The van der Waals surface area contributed by atoms with Crippen molar-refractivity contribution in [3.63, 3.8) is 0 Å². The van der Waals surface area contributed by atoms with E-state index in [0.717, 1.165) is 5.39 Å². The Bertz CT molecular complexity index is 526. The van der Waals surface area contributed by atoms with E-state index in [1.165, 1.54) is 6.07 Å². The maximum Gasteiger partial charge on any atom is 0.336 e. The molecule has 6 heteroatoms. The van der Waals surface area contributed by atoms with Gasteiger partial charge in [0.2, 0.25) is 0 Å². The number of hydrogen-bond acceptors (Lipinski definition) is 5. The van der Waals surface area contributed by atoms with Gasteiger partial charge in [0.15, 0.2) is 5.75 Å². The van der Waals surface area contributed by atoms with Gasteiger partial charge < -0.3 is 21.8 Å². The van der Waals surface area contributed by atoms with Crippen LogP contribution in [0.1, 0.15) is 0 Å². The fraction of sp³-hybridized carbons (Fsp3) is 0.0909. The molecule has 0 aliphatic rings. The molecule has 0 unspecified atom stereocenters. The van der Waals surface area contributed by atoms with E-state index in [-0.39, 0.29) is 46.9 Å². The van der Waals surface area contributed by atoms with Crippen LogP contribution < -0.4 is 15.9 Å². The zero-order chi connectivity index (χ0) is 10.7. The summed E-state index contributed by atoms with van der Waals surface area (Å²) in [5.41, 5.74) is 2.32. The van der Waals surface area contributed by atoms with Crippen LogP contribution in [0, 0.1) is 7.43 Å². The summed E-state index contributed by atoms with van der Waals surface area (Å²) < 4.78 is 4.96. The summed E-state index contributed by atoms with van der Waals surface area (Å²) in [7, 11) is 0. The summed E-state index contributed by atoms with van der Waals surface area (Å²) >= 11 is 0. The van der Waals surface area contributed by atoms with Crippen LogP contribution in [0.5, 0.6) is 5.75 Å². The van der Waals surface area contributed by atoms with Crippen LogP contribution in [0.25, 0.3) is 11.0 Å². The molecule has 0 saturated carbocycles. The number of nitrogens with one attached hydrogen (secondary N) is 1. The molecule has 0 atom stereocenters. The van der Waals surface area contributed by atoms with Crippen molar-refractivity contribution in [1.82, 2.24) is 5.48 Å². The predicted octanol–water partition coefficient (Wildman–Crippen LogP) is 1.07. The second kappa shape index (κ2) is 7.55. The number of hydroxylamine groups is 1. The SMILES string of the molecule is O=c1ccc2ccc(ONCO)cc2o1.[CH3-].[Y]. The molecule has 5 nitrogen and oxygen atoms in total. The molecular formula is C11H12NO4Y-. The number of benzene rings is 1. The van der Waals surface area contributed by atoms with Gasteiger partial charge in [-0.15, -0.1) is 5.48 Å². The third-order valence-corrected chi connectivity index (χ3v) is 1.85. The smallest absolute Gasteiger partial charge is 0.336 e. The third kappa shape index (κ3) is 4.20. The largest absolute Gasteiger partial charge is 0.423 e. The molecule has 2 N–H and O–H groups in total. The quantitative estimate of drug-likeness (QED) is 0.384. The Morgan fingerprint density at radius 2 is 2.00 bits per heavy atom. The van der Waals surface area contributed by atoms with E-state index in [0.29, 0.717) is 11.3 Å². The molecule has 0 fully saturated rings. The van der Waals surface area contributed by atoms with Gasteiger partial charge in [0.05, 0.1) is 0 Å². The van der Waals surface area contributed by atoms with Crippen molar-refractivity contribution >= 4 is 11.0 Å². The Morgan fingerprint density at radius 1 is 1.29 bits per heavy atom. The van der Waals surface area contributed by atoms with Gasteiger partial charge in [-0.2, -0.15) is 0 Å². The summed E-state index contributed by atoms with van der Waals surface area (Å²) in [6, 6.07) is 8.05. The minimum atomic E-state index is -0.408. The zero-order valence-electron chi connectivity index (χ0n) is 9.34. The molecule has 1 radical (unpaired) electrons. The molecule has 0 spiro atoms. The first-order valence-electron chi connectivity index (χ1n) is 4.34. The van der Waals surface area contributed by atoms with Crippen molar-refractivity contribution < 1.29 is 47.1 Å². The molecule has 2 aromatic rings. The minimum Gasteiger partial charge on any atom is -0.423 e. The predicted molar refractivity (Wildman–Crippen MR) is 59.7 cm³/mol. The summed E-state index contributed by atoms with van der Waals surface area (Å²) in [5, 5.41) is 9.29. The van der Waals surface area contributed by atoms with E-state index in [1.807, 2.05) is 0 Å². The normalized spacial score (nSPS) is 9.24. The Hall–Kier alpha value is -0.746. The molecule has 89 valence electrons. The van der Waals surface area contributed by atoms with Crippen LogP contribution in [0.4, 0.5) is 0 Å². The monoisotopic (exact) mass is 311 g/mol. The van der Waals surface area contributed by atoms with Crippen molar-refractivity contribution in [2.45, 2.75) is 0 Å². The van der Waals surface area contributed by atoms with Crippen molar-refractivity contribution in [3.8, 4) is 5.75 Å². The van der Waals surface area contributed by atoms with Crippen molar-refractivity contribution in [3.05, 3.63) is 48.2 Å². The van der Waals surface area contributed by atoms with E-state index in [9.17, 15) is 4.79 Å². The first kappa shape index (κ1) is 16.3.